The lowest BCUT2D eigenvalue weighted by atomic mass is 10.2. The number of carbonyl (C=O) groups excluding carboxylic acids is 2. The summed E-state index contributed by atoms with van der Waals surface area (Å²) < 4.78 is 4.64. The summed E-state index contributed by atoms with van der Waals surface area (Å²) in [5.41, 5.74) is 0. The van der Waals surface area contributed by atoms with Crippen LogP contribution in [0.25, 0.3) is 0 Å². The Bertz CT molecular complexity index is 300. The molecule has 0 saturated carbocycles. The fourth-order valence-corrected chi connectivity index (χ4v) is 1.10. The van der Waals surface area contributed by atoms with Crippen molar-refractivity contribution in [3.8, 4) is 0 Å². The van der Waals surface area contributed by atoms with E-state index in [0.717, 1.165) is 0 Å². The second-order valence-corrected chi connectivity index (χ2v) is 3.29. The van der Waals surface area contributed by atoms with Gasteiger partial charge in [0, 0.05) is 6.42 Å². The van der Waals surface area contributed by atoms with Crippen LogP contribution in [0, 0.1) is 0 Å². The summed E-state index contributed by atoms with van der Waals surface area (Å²) in [5, 5.41) is 11.1. The van der Waals surface area contributed by atoms with Crippen LogP contribution in [0.5, 0.6) is 0 Å². The van der Waals surface area contributed by atoms with Crippen LogP contribution in [0.4, 0.5) is 0 Å². The third kappa shape index (κ3) is 7.10. The van der Waals surface area contributed by atoms with Crippen LogP contribution in [-0.4, -0.2) is 35.6 Å². The Morgan fingerprint density at radius 3 is 2.53 bits per heavy atom. The summed E-state index contributed by atoms with van der Waals surface area (Å²) in [6.45, 7) is 5.33. The van der Waals surface area contributed by atoms with Crippen molar-refractivity contribution in [1.82, 2.24) is 5.32 Å². The third-order valence-electron chi connectivity index (χ3n) is 1.90. The number of hydrogen-bond acceptors (Lipinski definition) is 4. The van der Waals surface area contributed by atoms with Crippen LogP contribution in [0.15, 0.2) is 12.7 Å². The Kier molecular flexibility index (Phi) is 7.41. The molecule has 0 aliphatic rings. The van der Waals surface area contributed by atoms with Crippen molar-refractivity contribution >= 4 is 17.8 Å². The number of amides is 1. The molecule has 1 atom stereocenters. The molecule has 0 saturated heterocycles. The fourth-order valence-electron chi connectivity index (χ4n) is 1.10. The number of esters is 1. The smallest absolute Gasteiger partial charge is 0.326 e. The average Bonchev–Trinajstić information content (AvgIpc) is 2.26. The Labute approximate surface area is 99.6 Å². The Hall–Kier alpha value is -1.85. The lowest BCUT2D eigenvalue weighted by molar-refractivity contribution is -0.144. The number of hydrogen-bond donors (Lipinski definition) is 2. The molecule has 0 aromatic carbocycles. The Morgan fingerprint density at radius 1 is 1.41 bits per heavy atom. The maximum absolute atomic E-state index is 11.3. The fraction of sp³-hybridized carbons (Fsp3) is 0.545. The SMILES string of the molecule is C=CC[C@H](NC(=O)CCC(=O)OCC)C(=O)O. The van der Waals surface area contributed by atoms with Gasteiger partial charge in [0.1, 0.15) is 6.04 Å². The molecular formula is C11H17NO5. The summed E-state index contributed by atoms with van der Waals surface area (Å²) in [4.78, 5) is 33.0. The van der Waals surface area contributed by atoms with Crippen molar-refractivity contribution in [2.24, 2.45) is 0 Å². The highest BCUT2D eigenvalue weighted by molar-refractivity contribution is 5.85. The standard InChI is InChI=1S/C11H17NO5/c1-3-5-8(11(15)16)12-9(13)6-7-10(14)17-4-2/h3,8H,1,4-7H2,2H3,(H,12,13)(H,15,16)/t8-/m0/s1. The minimum Gasteiger partial charge on any atom is -0.480 e. The van der Waals surface area contributed by atoms with E-state index in [1.165, 1.54) is 6.08 Å². The first-order valence-corrected chi connectivity index (χ1v) is 5.30. The molecule has 0 aromatic heterocycles. The highest BCUT2D eigenvalue weighted by atomic mass is 16.5. The molecule has 0 heterocycles. The molecule has 0 rings (SSSR count). The van der Waals surface area contributed by atoms with Crippen molar-refractivity contribution in [2.75, 3.05) is 6.61 Å². The zero-order valence-electron chi connectivity index (χ0n) is 9.77. The van der Waals surface area contributed by atoms with Gasteiger partial charge < -0.3 is 15.2 Å². The van der Waals surface area contributed by atoms with Gasteiger partial charge in [0.15, 0.2) is 0 Å². The van der Waals surface area contributed by atoms with E-state index in [9.17, 15) is 14.4 Å². The maximum atomic E-state index is 11.3. The molecule has 0 aliphatic heterocycles. The van der Waals surface area contributed by atoms with Crippen molar-refractivity contribution < 1.29 is 24.2 Å². The van der Waals surface area contributed by atoms with Crippen molar-refractivity contribution in [3.05, 3.63) is 12.7 Å². The van der Waals surface area contributed by atoms with E-state index in [4.69, 9.17) is 5.11 Å². The molecule has 0 aromatic rings. The molecule has 0 fully saturated rings. The molecule has 0 spiro atoms. The van der Waals surface area contributed by atoms with Gasteiger partial charge in [-0.15, -0.1) is 6.58 Å². The van der Waals surface area contributed by atoms with Gasteiger partial charge in [-0.25, -0.2) is 4.79 Å². The average molecular weight is 243 g/mol. The van der Waals surface area contributed by atoms with Gasteiger partial charge in [-0.3, -0.25) is 9.59 Å². The molecule has 0 bridgehead atoms. The first-order valence-electron chi connectivity index (χ1n) is 5.30. The van der Waals surface area contributed by atoms with Crippen LogP contribution in [-0.2, 0) is 19.1 Å². The van der Waals surface area contributed by atoms with Gasteiger partial charge in [0.2, 0.25) is 5.91 Å². The second kappa shape index (κ2) is 8.32. The molecular weight excluding hydrogens is 226 g/mol. The van der Waals surface area contributed by atoms with Gasteiger partial charge in [-0.1, -0.05) is 6.08 Å². The van der Waals surface area contributed by atoms with E-state index in [1.807, 2.05) is 0 Å². The zero-order valence-corrected chi connectivity index (χ0v) is 9.77. The van der Waals surface area contributed by atoms with Crippen LogP contribution in [0.3, 0.4) is 0 Å². The normalized spacial score (nSPS) is 11.4. The third-order valence-corrected chi connectivity index (χ3v) is 1.90. The van der Waals surface area contributed by atoms with Gasteiger partial charge in [0.25, 0.3) is 0 Å². The predicted octanol–water partition coefficient (Wildman–Crippen LogP) is 0.475. The number of aliphatic carboxylic acids is 1. The molecule has 0 radical (unpaired) electrons. The number of carbonyl (C=O) groups is 3. The highest BCUT2D eigenvalue weighted by Gasteiger charge is 2.18. The molecule has 2 N–H and O–H groups in total. The van der Waals surface area contributed by atoms with Crippen LogP contribution >= 0.6 is 0 Å². The van der Waals surface area contributed by atoms with Crippen molar-refractivity contribution in [2.45, 2.75) is 32.2 Å². The summed E-state index contributed by atoms with van der Waals surface area (Å²) in [6, 6.07) is -0.998. The Morgan fingerprint density at radius 2 is 2.06 bits per heavy atom. The van der Waals surface area contributed by atoms with E-state index in [-0.39, 0.29) is 25.9 Å². The number of ether oxygens (including phenoxy) is 1. The minimum absolute atomic E-state index is 0.0555. The van der Waals surface area contributed by atoms with Gasteiger partial charge >= 0.3 is 11.9 Å². The van der Waals surface area contributed by atoms with E-state index in [0.29, 0.717) is 0 Å². The maximum Gasteiger partial charge on any atom is 0.326 e. The summed E-state index contributed by atoms with van der Waals surface area (Å²) >= 11 is 0. The molecule has 0 unspecified atom stereocenters. The Balaban J connectivity index is 4.02. The number of rotatable bonds is 8. The highest BCUT2D eigenvalue weighted by Crippen LogP contribution is 1.97. The van der Waals surface area contributed by atoms with E-state index < -0.39 is 23.9 Å². The van der Waals surface area contributed by atoms with Crippen LogP contribution in [0.2, 0.25) is 0 Å². The predicted molar refractivity (Wildman–Crippen MR) is 60.2 cm³/mol. The first-order chi connectivity index (χ1) is 8.01. The number of nitrogens with one attached hydrogen (secondary N) is 1. The second-order valence-electron chi connectivity index (χ2n) is 3.29. The quantitative estimate of drug-likeness (QED) is 0.477. The van der Waals surface area contributed by atoms with Crippen molar-refractivity contribution in [1.29, 1.82) is 0 Å². The van der Waals surface area contributed by atoms with E-state index in [2.05, 4.69) is 16.6 Å². The van der Waals surface area contributed by atoms with Crippen molar-refractivity contribution in [3.63, 3.8) is 0 Å². The van der Waals surface area contributed by atoms with Crippen LogP contribution in [0.1, 0.15) is 26.2 Å². The van der Waals surface area contributed by atoms with Gasteiger partial charge in [-0.2, -0.15) is 0 Å². The summed E-state index contributed by atoms with van der Waals surface area (Å²) in [5.74, 6) is -2.10. The topological polar surface area (TPSA) is 92.7 Å². The largest absolute Gasteiger partial charge is 0.480 e. The van der Waals surface area contributed by atoms with E-state index in [1.54, 1.807) is 6.92 Å². The lowest BCUT2D eigenvalue weighted by Crippen LogP contribution is -2.40. The summed E-state index contributed by atoms with van der Waals surface area (Å²) in [7, 11) is 0. The number of carboxylic acids is 1. The molecule has 6 nitrogen and oxygen atoms in total. The zero-order chi connectivity index (χ0) is 13.3. The molecule has 96 valence electrons. The monoisotopic (exact) mass is 243 g/mol. The molecule has 1 amide bonds. The summed E-state index contributed by atoms with van der Waals surface area (Å²) in [6.07, 6.45) is 1.41. The molecule has 0 aliphatic carbocycles. The van der Waals surface area contributed by atoms with Gasteiger partial charge in [-0.05, 0) is 13.3 Å². The molecule has 6 heteroatoms. The van der Waals surface area contributed by atoms with Crippen LogP contribution < -0.4 is 5.32 Å². The van der Waals surface area contributed by atoms with Gasteiger partial charge in [0.05, 0.1) is 13.0 Å². The lowest BCUT2D eigenvalue weighted by Gasteiger charge is -2.12. The van der Waals surface area contributed by atoms with E-state index >= 15 is 0 Å². The number of carboxylic acid groups (broad SMARTS) is 1. The molecule has 17 heavy (non-hydrogen) atoms. The minimum atomic E-state index is -1.13. The first kappa shape index (κ1) is 15.2.